The van der Waals surface area contributed by atoms with Crippen LogP contribution in [0.3, 0.4) is 0 Å². The van der Waals surface area contributed by atoms with Gasteiger partial charge in [0.05, 0.1) is 17.9 Å². The number of benzene rings is 1. The molecule has 0 aromatic heterocycles. The molecular weight excluding hydrogens is 326 g/mol. The number of halogens is 1. The number of rotatable bonds is 6. The number of aliphatic hydroxyl groups excluding tert-OH is 1. The van der Waals surface area contributed by atoms with Crippen LogP contribution in [0, 0.1) is 6.92 Å². The van der Waals surface area contributed by atoms with E-state index >= 15 is 0 Å². The maximum Gasteiger partial charge on any atom is 0.230 e. The van der Waals surface area contributed by atoms with Crippen LogP contribution in [0.1, 0.15) is 25.8 Å². The number of amides is 1. The lowest BCUT2D eigenvalue weighted by molar-refractivity contribution is -0.120. The number of aryl methyl sites for hydroxylation is 1. The van der Waals surface area contributed by atoms with E-state index in [1.165, 1.54) is 11.8 Å². The molecule has 1 aromatic carbocycles. The summed E-state index contributed by atoms with van der Waals surface area (Å²) in [5.74, 6) is 0.309. The van der Waals surface area contributed by atoms with Gasteiger partial charge in [-0.2, -0.15) is 0 Å². The zero-order valence-electron chi connectivity index (χ0n) is 11.5. The maximum absolute atomic E-state index is 11.9. The van der Waals surface area contributed by atoms with E-state index in [4.69, 9.17) is 0 Å². The van der Waals surface area contributed by atoms with Crippen LogP contribution in [-0.4, -0.2) is 28.9 Å². The number of carbonyl (C=O) groups is 1. The van der Waals surface area contributed by atoms with Gasteiger partial charge in [0.25, 0.3) is 0 Å². The number of hydrogen-bond donors (Lipinski definition) is 2. The molecule has 0 aliphatic carbocycles. The summed E-state index contributed by atoms with van der Waals surface area (Å²) >= 11 is 4.93. The third kappa shape index (κ3) is 5.16. The molecule has 0 bridgehead atoms. The molecular formula is C14H20BrNO2S. The topological polar surface area (TPSA) is 49.3 Å². The molecule has 1 aromatic rings. The third-order valence-corrected chi connectivity index (χ3v) is 4.74. The van der Waals surface area contributed by atoms with Crippen molar-refractivity contribution in [2.75, 3.05) is 12.4 Å². The van der Waals surface area contributed by atoms with Gasteiger partial charge in [0.1, 0.15) is 0 Å². The predicted octanol–water partition coefficient (Wildman–Crippen LogP) is 3.13. The van der Waals surface area contributed by atoms with E-state index in [0.717, 1.165) is 14.9 Å². The lowest BCUT2D eigenvalue weighted by atomic mass is 10.0. The Bertz CT molecular complexity index is 447. The molecule has 0 aliphatic rings. The van der Waals surface area contributed by atoms with E-state index < -0.39 is 5.54 Å². The predicted molar refractivity (Wildman–Crippen MR) is 83.5 cm³/mol. The SMILES string of the molecule is CCC(C)(CO)NC(=O)CSc1ccc(Br)cc1C. The molecule has 0 saturated carbocycles. The van der Waals surface area contributed by atoms with Gasteiger partial charge in [-0.1, -0.05) is 22.9 Å². The smallest absolute Gasteiger partial charge is 0.230 e. The number of thioether (sulfide) groups is 1. The van der Waals surface area contributed by atoms with E-state index in [-0.39, 0.29) is 12.5 Å². The van der Waals surface area contributed by atoms with Gasteiger partial charge in [0.15, 0.2) is 0 Å². The minimum Gasteiger partial charge on any atom is -0.394 e. The number of nitrogens with one attached hydrogen (secondary N) is 1. The van der Waals surface area contributed by atoms with Crippen molar-refractivity contribution in [2.45, 2.75) is 37.6 Å². The van der Waals surface area contributed by atoms with Crippen LogP contribution in [0.5, 0.6) is 0 Å². The Kier molecular flexibility index (Phi) is 6.36. The molecule has 5 heteroatoms. The first-order chi connectivity index (χ1) is 8.90. The van der Waals surface area contributed by atoms with Crippen LogP contribution in [-0.2, 0) is 4.79 Å². The fraction of sp³-hybridized carbons (Fsp3) is 0.500. The van der Waals surface area contributed by atoms with Crippen molar-refractivity contribution in [1.29, 1.82) is 0 Å². The summed E-state index contributed by atoms with van der Waals surface area (Å²) in [6.45, 7) is 5.77. The van der Waals surface area contributed by atoms with Crippen LogP contribution < -0.4 is 5.32 Å². The molecule has 3 nitrogen and oxygen atoms in total. The molecule has 0 aliphatic heterocycles. The second-order valence-electron chi connectivity index (χ2n) is 4.82. The molecule has 0 fully saturated rings. The van der Waals surface area contributed by atoms with Crippen molar-refractivity contribution in [3.63, 3.8) is 0 Å². The van der Waals surface area contributed by atoms with E-state index in [2.05, 4.69) is 21.2 Å². The van der Waals surface area contributed by atoms with Crippen molar-refractivity contribution in [3.8, 4) is 0 Å². The lowest BCUT2D eigenvalue weighted by Crippen LogP contribution is -2.49. The highest BCUT2D eigenvalue weighted by Gasteiger charge is 2.22. The summed E-state index contributed by atoms with van der Waals surface area (Å²) in [6.07, 6.45) is 0.706. The molecule has 0 saturated heterocycles. The van der Waals surface area contributed by atoms with Crippen LogP contribution in [0.15, 0.2) is 27.6 Å². The molecule has 106 valence electrons. The highest BCUT2D eigenvalue weighted by atomic mass is 79.9. The lowest BCUT2D eigenvalue weighted by Gasteiger charge is -2.27. The van der Waals surface area contributed by atoms with Gasteiger partial charge in [0, 0.05) is 9.37 Å². The van der Waals surface area contributed by atoms with Crippen molar-refractivity contribution in [2.24, 2.45) is 0 Å². The summed E-state index contributed by atoms with van der Waals surface area (Å²) < 4.78 is 1.04. The van der Waals surface area contributed by atoms with Crippen LogP contribution in [0.2, 0.25) is 0 Å². The minimum atomic E-state index is -0.521. The van der Waals surface area contributed by atoms with Crippen molar-refractivity contribution < 1.29 is 9.90 Å². The van der Waals surface area contributed by atoms with Crippen LogP contribution >= 0.6 is 27.7 Å². The van der Waals surface area contributed by atoms with E-state index in [1.807, 2.05) is 39.0 Å². The Morgan fingerprint density at radius 1 is 1.53 bits per heavy atom. The fourth-order valence-corrected chi connectivity index (χ4v) is 2.82. The molecule has 1 atom stereocenters. The quantitative estimate of drug-likeness (QED) is 0.778. The first-order valence-electron chi connectivity index (χ1n) is 6.21. The van der Waals surface area contributed by atoms with E-state index in [9.17, 15) is 9.90 Å². The second-order valence-corrected chi connectivity index (χ2v) is 6.75. The molecule has 1 rings (SSSR count). The normalized spacial score (nSPS) is 13.9. The molecule has 1 unspecified atom stereocenters. The average Bonchev–Trinajstić information content (AvgIpc) is 2.37. The van der Waals surface area contributed by atoms with Crippen molar-refractivity contribution in [1.82, 2.24) is 5.32 Å². The third-order valence-electron chi connectivity index (χ3n) is 3.07. The standard InChI is InChI=1S/C14H20BrNO2S/c1-4-14(3,9-17)16-13(18)8-19-12-6-5-11(15)7-10(12)2/h5-7,17H,4,8-9H2,1-3H3,(H,16,18). The molecule has 2 N–H and O–H groups in total. The molecule has 19 heavy (non-hydrogen) atoms. The Morgan fingerprint density at radius 2 is 2.21 bits per heavy atom. The van der Waals surface area contributed by atoms with E-state index in [0.29, 0.717) is 12.2 Å². The largest absolute Gasteiger partial charge is 0.394 e. The maximum atomic E-state index is 11.9. The zero-order chi connectivity index (χ0) is 14.5. The van der Waals surface area contributed by atoms with Crippen molar-refractivity contribution >= 4 is 33.6 Å². The number of carbonyl (C=O) groups excluding carboxylic acids is 1. The van der Waals surface area contributed by atoms with Gasteiger partial charge in [-0.05, 0) is 44.0 Å². The number of hydrogen-bond acceptors (Lipinski definition) is 3. The van der Waals surface area contributed by atoms with Gasteiger partial charge in [0.2, 0.25) is 5.91 Å². The van der Waals surface area contributed by atoms with Crippen LogP contribution in [0.25, 0.3) is 0 Å². The molecule has 0 spiro atoms. The first-order valence-corrected chi connectivity index (χ1v) is 7.99. The zero-order valence-corrected chi connectivity index (χ0v) is 13.9. The average molecular weight is 346 g/mol. The summed E-state index contributed by atoms with van der Waals surface area (Å²) in [5.41, 5.74) is 0.624. The van der Waals surface area contributed by atoms with Gasteiger partial charge in [-0.25, -0.2) is 0 Å². The summed E-state index contributed by atoms with van der Waals surface area (Å²) in [6, 6.07) is 6.00. The summed E-state index contributed by atoms with van der Waals surface area (Å²) in [7, 11) is 0. The van der Waals surface area contributed by atoms with E-state index in [1.54, 1.807) is 0 Å². The van der Waals surface area contributed by atoms with Gasteiger partial charge >= 0.3 is 0 Å². The molecule has 0 heterocycles. The van der Waals surface area contributed by atoms with Crippen LogP contribution in [0.4, 0.5) is 0 Å². The van der Waals surface area contributed by atoms with Crippen molar-refractivity contribution in [3.05, 3.63) is 28.2 Å². The summed E-state index contributed by atoms with van der Waals surface area (Å²) in [4.78, 5) is 13.0. The monoisotopic (exact) mass is 345 g/mol. The minimum absolute atomic E-state index is 0.0444. The molecule has 0 radical (unpaired) electrons. The van der Waals surface area contributed by atoms with Gasteiger partial charge in [-0.3, -0.25) is 4.79 Å². The van der Waals surface area contributed by atoms with Gasteiger partial charge < -0.3 is 10.4 Å². The molecule has 1 amide bonds. The first kappa shape index (κ1) is 16.5. The Hall–Kier alpha value is -0.520. The Balaban J connectivity index is 2.55. The Labute approximate surface area is 127 Å². The Morgan fingerprint density at radius 3 is 2.74 bits per heavy atom. The number of aliphatic hydroxyl groups is 1. The van der Waals surface area contributed by atoms with Gasteiger partial charge in [-0.15, -0.1) is 11.8 Å². The summed E-state index contributed by atoms with van der Waals surface area (Å²) in [5, 5.41) is 12.1. The second kappa shape index (κ2) is 7.31. The highest BCUT2D eigenvalue weighted by Crippen LogP contribution is 2.25. The fourth-order valence-electron chi connectivity index (χ4n) is 1.53. The highest BCUT2D eigenvalue weighted by molar-refractivity contribution is 9.10.